The summed E-state index contributed by atoms with van der Waals surface area (Å²) < 4.78 is 31.2. The van der Waals surface area contributed by atoms with Crippen LogP contribution in [0.5, 0.6) is 0 Å². The summed E-state index contributed by atoms with van der Waals surface area (Å²) in [4.78, 5) is 0. The molecule has 8 heteroatoms. The first-order chi connectivity index (χ1) is 6.12. The van der Waals surface area contributed by atoms with E-state index in [4.69, 9.17) is 10.5 Å². The van der Waals surface area contributed by atoms with Gasteiger partial charge in [-0.15, -0.1) is 0 Å². The molecule has 0 aromatic carbocycles. The van der Waals surface area contributed by atoms with Crippen molar-refractivity contribution in [1.82, 2.24) is 5.48 Å². The van der Waals surface area contributed by atoms with Gasteiger partial charge in [-0.1, -0.05) is 0 Å². The molecule has 0 aliphatic carbocycles. The van der Waals surface area contributed by atoms with Crippen molar-refractivity contribution in [3.63, 3.8) is 0 Å². The second-order valence-corrected chi connectivity index (χ2v) is 3.92. The Morgan fingerprint density at radius 3 is 2.57 bits per heavy atom. The van der Waals surface area contributed by atoms with Crippen molar-refractivity contribution in [1.29, 1.82) is 0 Å². The molecule has 0 aromatic rings. The minimum absolute atomic E-state index is 0. The van der Waals surface area contributed by atoms with Gasteiger partial charge in [0.15, 0.2) is 0 Å². The van der Waals surface area contributed by atoms with Gasteiger partial charge in [0.25, 0.3) is 10.1 Å². The van der Waals surface area contributed by atoms with Crippen LogP contribution in [0.1, 0.15) is 6.92 Å². The molecule has 0 aliphatic rings. The summed E-state index contributed by atoms with van der Waals surface area (Å²) in [6.07, 6.45) is 0. The van der Waals surface area contributed by atoms with E-state index in [0.29, 0.717) is 19.7 Å². The van der Waals surface area contributed by atoms with Crippen molar-refractivity contribution in [2.75, 3.05) is 32.1 Å². The Bertz CT molecular complexity index is 194. The molecule has 14 heavy (non-hydrogen) atoms. The number of nitrogens with two attached hydrogens (primary N) is 1. The van der Waals surface area contributed by atoms with E-state index in [0.717, 1.165) is 0 Å². The third-order valence-electron chi connectivity index (χ3n) is 1.11. The van der Waals surface area contributed by atoms with E-state index in [2.05, 4.69) is 9.76 Å². The van der Waals surface area contributed by atoms with Gasteiger partial charge in [-0.2, -0.15) is 18.2 Å². The van der Waals surface area contributed by atoms with Gasteiger partial charge in [0.05, 0.1) is 6.61 Å². The molecule has 0 bridgehead atoms. The van der Waals surface area contributed by atoms with E-state index >= 15 is 0 Å². The van der Waals surface area contributed by atoms with Crippen LogP contribution in [0.25, 0.3) is 0 Å². The van der Waals surface area contributed by atoms with Crippen LogP contribution in [0.3, 0.4) is 0 Å². The van der Waals surface area contributed by atoms with E-state index in [9.17, 15) is 8.42 Å². The number of ether oxygens (including phenoxy) is 1. The Morgan fingerprint density at radius 1 is 1.43 bits per heavy atom. The number of nitrogens with one attached hydrogen (secondary N) is 1. The standard InChI is InChI=1S/C6H16N2O4S.Na.H/c1-2-11-5-6-13(9,10)12-8-4-3-7;;/h8H,2-7H2,1H3;;. The van der Waals surface area contributed by atoms with Crippen LogP contribution in [0.15, 0.2) is 0 Å². The Hall–Kier alpha value is 0.790. The third-order valence-corrected chi connectivity index (χ3v) is 2.15. The van der Waals surface area contributed by atoms with Crippen molar-refractivity contribution in [2.24, 2.45) is 5.73 Å². The van der Waals surface area contributed by atoms with Crippen molar-refractivity contribution in [3.8, 4) is 0 Å². The number of rotatable bonds is 8. The van der Waals surface area contributed by atoms with E-state index in [1.54, 1.807) is 6.92 Å². The molecule has 0 aliphatic heterocycles. The second kappa shape index (κ2) is 10.3. The number of hydrogen-bond acceptors (Lipinski definition) is 6. The molecule has 3 N–H and O–H groups in total. The molecular formula is C6H17N2NaO4S. The summed E-state index contributed by atoms with van der Waals surface area (Å²) in [5, 5.41) is 0. The molecule has 0 heterocycles. The fraction of sp³-hybridized carbons (Fsp3) is 1.00. The van der Waals surface area contributed by atoms with Gasteiger partial charge >= 0.3 is 29.6 Å². The topological polar surface area (TPSA) is 90.7 Å². The number of hydroxylamine groups is 1. The molecule has 0 saturated heterocycles. The van der Waals surface area contributed by atoms with Crippen molar-refractivity contribution < 1.29 is 17.4 Å². The van der Waals surface area contributed by atoms with Crippen LogP contribution in [0, 0.1) is 0 Å². The molecule has 6 nitrogen and oxygen atoms in total. The summed E-state index contributed by atoms with van der Waals surface area (Å²) in [5.74, 6) is -0.154. The Kier molecular flexibility index (Phi) is 12.7. The van der Waals surface area contributed by atoms with Crippen LogP contribution < -0.4 is 11.2 Å². The molecule has 0 saturated carbocycles. The van der Waals surface area contributed by atoms with Crippen LogP contribution >= 0.6 is 0 Å². The van der Waals surface area contributed by atoms with E-state index in [-0.39, 0.29) is 41.9 Å². The summed E-state index contributed by atoms with van der Waals surface area (Å²) in [6.45, 7) is 3.05. The molecule has 0 unspecified atom stereocenters. The fourth-order valence-corrected chi connectivity index (χ4v) is 1.21. The van der Waals surface area contributed by atoms with Crippen LogP contribution in [-0.4, -0.2) is 70.0 Å². The fourth-order valence-electron chi connectivity index (χ4n) is 0.537. The maximum absolute atomic E-state index is 11.0. The maximum atomic E-state index is 11.0. The van der Waals surface area contributed by atoms with Crippen molar-refractivity contribution in [3.05, 3.63) is 0 Å². The summed E-state index contributed by atoms with van der Waals surface area (Å²) in [5.41, 5.74) is 7.35. The zero-order chi connectivity index (χ0) is 10.2. The molecule has 0 radical (unpaired) electrons. The van der Waals surface area contributed by atoms with Crippen molar-refractivity contribution in [2.45, 2.75) is 6.92 Å². The first-order valence-electron chi connectivity index (χ1n) is 4.04. The van der Waals surface area contributed by atoms with Gasteiger partial charge in [0.1, 0.15) is 5.75 Å². The summed E-state index contributed by atoms with van der Waals surface area (Å²) >= 11 is 0. The Morgan fingerprint density at radius 2 is 2.07 bits per heavy atom. The quantitative estimate of drug-likeness (QED) is 0.293. The molecule has 0 rings (SSSR count). The molecule has 0 atom stereocenters. The van der Waals surface area contributed by atoms with Gasteiger partial charge in [-0.05, 0) is 6.92 Å². The van der Waals surface area contributed by atoms with E-state index < -0.39 is 10.1 Å². The van der Waals surface area contributed by atoms with Gasteiger partial charge in [0.2, 0.25) is 0 Å². The normalized spacial score (nSPS) is 11.0. The monoisotopic (exact) mass is 236 g/mol. The second-order valence-electron chi connectivity index (χ2n) is 2.23. The van der Waals surface area contributed by atoms with E-state index in [1.807, 2.05) is 0 Å². The zero-order valence-electron chi connectivity index (χ0n) is 7.65. The molecule has 82 valence electrons. The van der Waals surface area contributed by atoms with Crippen LogP contribution in [0.4, 0.5) is 0 Å². The zero-order valence-corrected chi connectivity index (χ0v) is 8.47. The summed E-state index contributed by atoms with van der Waals surface area (Å²) in [6, 6.07) is 0. The van der Waals surface area contributed by atoms with Gasteiger partial charge in [-0.25, -0.2) is 0 Å². The average molecular weight is 236 g/mol. The van der Waals surface area contributed by atoms with Gasteiger partial charge in [0, 0.05) is 19.7 Å². The SMILES string of the molecule is CCOCCS(=O)(=O)ONCCN.[NaH]. The summed E-state index contributed by atoms with van der Waals surface area (Å²) in [7, 11) is -3.52. The van der Waals surface area contributed by atoms with Gasteiger partial charge < -0.3 is 10.5 Å². The van der Waals surface area contributed by atoms with E-state index in [1.165, 1.54) is 0 Å². The van der Waals surface area contributed by atoms with Crippen LogP contribution in [-0.2, 0) is 19.1 Å². The van der Waals surface area contributed by atoms with Crippen molar-refractivity contribution >= 4 is 39.7 Å². The number of hydrogen-bond donors (Lipinski definition) is 2. The molecular weight excluding hydrogens is 219 g/mol. The molecule has 0 spiro atoms. The Labute approximate surface area is 107 Å². The Balaban J connectivity index is 0. The molecule has 0 amide bonds. The molecule has 0 aromatic heterocycles. The predicted molar refractivity (Wildman–Crippen MR) is 55.6 cm³/mol. The molecule has 0 fully saturated rings. The average Bonchev–Trinajstić information content (AvgIpc) is 2.05. The predicted octanol–water partition coefficient (Wildman–Crippen LogP) is -1.82. The first kappa shape index (κ1) is 17.2. The van der Waals surface area contributed by atoms with Gasteiger partial charge in [-0.3, -0.25) is 0 Å². The first-order valence-corrected chi connectivity index (χ1v) is 5.62. The third kappa shape index (κ3) is 10.9. The van der Waals surface area contributed by atoms with Crippen LogP contribution in [0.2, 0.25) is 0 Å². The minimum atomic E-state index is -3.52.